The number of anilines is 9. The summed E-state index contributed by atoms with van der Waals surface area (Å²) in [6, 6.07) is 86.4. The zero-order valence-corrected chi connectivity index (χ0v) is 31.9. The Labute approximate surface area is 339 Å². The fourth-order valence-corrected chi connectivity index (χ4v) is 8.13. The molecule has 0 N–H and O–H groups in total. The van der Waals surface area contributed by atoms with E-state index in [4.69, 9.17) is 0 Å². The molecule has 58 heavy (non-hydrogen) atoms. The molecule has 0 aliphatic heterocycles. The van der Waals surface area contributed by atoms with Gasteiger partial charge in [-0.1, -0.05) is 115 Å². The third-order valence-electron chi connectivity index (χ3n) is 10.7. The Morgan fingerprint density at radius 2 is 0.500 bits per heavy atom. The van der Waals surface area contributed by atoms with E-state index in [0.717, 1.165) is 67.9 Å². The average molecular weight is 745 g/mol. The van der Waals surface area contributed by atoms with Crippen LogP contribution in [0.2, 0.25) is 0 Å². The van der Waals surface area contributed by atoms with Crippen LogP contribution in [0.25, 0.3) is 27.5 Å². The minimum atomic E-state index is 1.08. The van der Waals surface area contributed by atoms with Gasteiger partial charge in [0.25, 0.3) is 0 Å². The summed E-state index contributed by atoms with van der Waals surface area (Å²) >= 11 is 0. The second-order valence-electron chi connectivity index (χ2n) is 14.3. The number of hydrogen-bond donors (Lipinski definition) is 0. The molecule has 10 rings (SSSR count). The van der Waals surface area contributed by atoms with Gasteiger partial charge in [0.05, 0.1) is 11.0 Å². The van der Waals surface area contributed by atoms with Gasteiger partial charge in [-0.3, -0.25) is 0 Å². The Morgan fingerprint density at radius 1 is 0.224 bits per heavy atom. The molecule has 0 atom stereocenters. The third-order valence-corrected chi connectivity index (χ3v) is 10.7. The summed E-state index contributed by atoms with van der Waals surface area (Å²) in [5, 5.41) is 2.33. The van der Waals surface area contributed by atoms with Crippen molar-refractivity contribution in [3.05, 3.63) is 243 Å². The van der Waals surface area contributed by atoms with Gasteiger partial charge >= 0.3 is 0 Å². The first-order chi connectivity index (χ1) is 28.8. The molecule has 0 aliphatic rings. The van der Waals surface area contributed by atoms with Crippen LogP contribution < -0.4 is 14.7 Å². The van der Waals surface area contributed by atoms with E-state index in [1.807, 2.05) is 0 Å². The molecule has 1 aromatic heterocycles. The van der Waals surface area contributed by atoms with Crippen molar-refractivity contribution >= 4 is 73.0 Å². The van der Waals surface area contributed by atoms with Crippen LogP contribution in [-0.4, -0.2) is 4.57 Å². The van der Waals surface area contributed by atoms with Gasteiger partial charge in [-0.15, -0.1) is 0 Å². The quantitative estimate of drug-likeness (QED) is 0.139. The standard InChI is InChI=1S/C54H40N4/c1-7-20-41(21-8-1)55(42-22-9-2-10-23-42)47-32-19-33-48(38-47)58-53-36-34-49(56(43-24-11-3-12-25-43)44-26-13-4-14-27-44)39-51(53)52-40-50(35-37-54(52)58)57(45-28-15-5-16-29-45)46-30-17-6-18-31-46/h1-40H. The SMILES string of the molecule is c1ccc(N(c2ccccc2)c2cccc(-n3c4ccc(N(c5ccccc5)c5ccccc5)cc4c4cc(N(c5ccccc5)c5ccccc5)ccc43)c2)cc1. The molecule has 4 nitrogen and oxygen atoms in total. The van der Waals surface area contributed by atoms with Crippen molar-refractivity contribution < 1.29 is 0 Å². The molecule has 0 unspecified atom stereocenters. The van der Waals surface area contributed by atoms with Crippen molar-refractivity contribution in [3.8, 4) is 5.69 Å². The summed E-state index contributed by atoms with van der Waals surface area (Å²) in [5.74, 6) is 0. The van der Waals surface area contributed by atoms with E-state index < -0.39 is 0 Å². The number of hydrogen-bond acceptors (Lipinski definition) is 3. The highest BCUT2D eigenvalue weighted by Crippen LogP contribution is 2.43. The Morgan fingerprint density at radius 3 is 0.810 bits per heavy atom. The zero-order valence-electron chi connectivity index (χ0n) is 31.9. The molecule has 0 spiro atoms. The van der Waals surface area contributed by atoms with Gasteiger partial charge in [0.1, 0.15) is 0 Å². The summed E-state index contributed by atoms with van der Waals surface area (Å²) < 4.78 is 2.42. The maximum atomic E-state index is 2.42. The maximum Gasteiger partial charge on any atom is 0.0542 e. The summed E-state index contributed by atoms with van der Waals surface area (Å²) in [5.41, 5.74) is 13.2. The van der Waals surface area contributed by atoms with Gasteiger partial charge in [-0.05, 0) is 127 Å². The molecular weight excluding hydrogens is 705 g/mol. The number of para-hydroxylation sites is 6. The molecule has 276 valence electrons. The zero-order chi connectivity index (χ0) is 38.7. The molecule has 0 saturated heterocycles. The van der Waals surface area contributed by atoms with Crippen LogP contribution in [0.4, 0.5) is 51.2 Å². The lowest BCUT2D eigenvalue weighted by Gasteiger charge is -2.26. The molecule has 0 bridgehead atoms. The van der Waals surface area contributed by atoms with E-state index in [1.54, 1.807) is 0 Å². The van der Waals surface area contributed by atoms with E-state index in [0.29, 0.717) is 0 Å². The van der Waals surface area contributed by atoms with Crippen molar-refractivity contribution in [2.24, 2.45) is 0 Å². The van der Waals surface area contributed by atoms with Crippen molar-refractivity contribution in [3.63, 3.8) is 0 Å². The molecule has 0 radical (unpaired) electrons. The molecule has 0 amide bonds. The number of fused-ring (bicyclic) bond motifs is 3. The van der Waals surface area contributed by atoms with E-state index in [-0.39, 0.29) is 0 Å². The average Bonchev–Trinajstić information content (AvgIpc) is 3.62. The molecule has 9 aromatic carbocycles. The number of nitrogens with zero attached hydrogens (tertiary/aromatic N) is 4. The minimum absolute atomic E-state index is 1.08. The van der Waals surface area contributed by atoms with Crippen LogP contribution in [0.1, 0.15) is 0 Å². The summed E-state index contributed by atoms with van der Waals surface area (Å²) in [6.45, 7) is 0. The van der Waals surface area contributed by atoms with E-state index in [2.05, 4.69) is 262 Å². The van der Waals surface area contributed by atoms with Crippen molar-refractivity contribution in [1.29, 1.82) is 0 Å². The number of benzene rings is 9. The Hall–Kier alpha value is -7.82. The highest BCUT2D eigenvalue weighted by atomic mass is 15.2. The minimum Gasteiger partial charge on any atom is -0.310 e. The predicted molar refractivity (Wildman–Crippen MR) is 245 cm³/mol. The van der Waals surface area contributed by atoms with Gasteiger partial charge in [0, 0.05) is 67.6 Å². The topological polar surface area (TPSA) is 14.7 Å². The third kappa shape index (κ3) is 6.53. The second kappa shape index (κ2) is 15.4. The molecule has 1 heterocycles. The first-order valence-corrected chi connectivity index (χ1v) is 19.7. The Balaban J connectivity index is 1.21. The first-order valence-electron chi connectivity index (χ1n) is 19.7. The predicted octanol–water partition coefficient (Wildman–Crippen LogP) is 15.2. The molecule has 0 saturated carbocycles. The molecule has 0 aliphatic carbocycles. The van der Waals surface area contributed by atoms with E-state index in [9.17, 15) is 0 Å². The van der Waals surface area contributed by atoms with Crippen molar-refractivity contribution in [2.45, 2.75) is 0 Å². The van der Waals surface area contributed by atoms with Gasteiger partial charge in [-0.25, -0.2) is 0 Å². The van der Waals surface area contributed by atoms with E-state index >= 15 is 0 Å². The highest BCUT2D eigenvalue weighted by Gasteiger charge is 2.21. The monoisotopic (exact) mass is 744 g/mol. The highest BCUT2D eigenvalue weighted by molar-refractivity contribution is 6.12. The largest absolute Gasteiger partial charge is 0.310 e. The van der Waals surface area contributed by atoms with Gasteiger partial charge < -0.3 is 19.3 Å². The lowest BCUT2D eigenvalue weighted by Crippen LogP contribution is -2.10. The van der Waals surface area contributed by atoms with Crippen LogP contribution in [0, 0.1) is 0 Å². The number of aromatic nitrogens is 1. The number of rotatable bonds is 10. The second-order valence-corrected chi connectivity index (χ2v) is 14.3. The molecule has 10 aromatic rings. The van der Waals surface area contributed by atoms with Crippen LogP contribution in [-0.2, 0) is 0 Å². The van der Waals surface area contributed by atoms with Gasteiger partial charge in [-0.2, -0.15) is 0 Å². The van der Waals surface area contributed by atoms with Gasteiger partial charge in [0.2, 0.25) is 0 Å². The van der Waals surface area contributed by atoms with Crippen molar-refractivity contribution in [1.82, 2.24) is 4.57 Å². The van der Waals surface area contributed by atoms with Crippen LogP contribution in [0.15, 0.2) is 243 Å². The smallest absolute Gasteiger partial charge is 0.0542 e. The van der Waals surface area contributed by atoms with Crippen molar-refractivity contribution in [2.75, 3.05) is 14.7 Å². The molecule has 4 heteroatoms. The normalized spacial score (nSPS) is 11.1. The summed E-state index contributed by atoms with van der Waals surface area (Å²) in [4.78, 5) is 7.00. The lowest BCUT2D eigenvalue weighted by atomic mass is 10.1. The lowest BCUT2D eigenvalue weighted by molar-refractivity contribution is 1.17. The van der Waals surface area contributed by atoms with Crippen LogP contribution in [0.3, 0.4) is 0 Å². The maximum absolute atomic E-state index is 2.42. The Bertz CT molecular complexity index is 2670. The Kier molecular flexibility index (Phi) is 9.18. The van der Waals surface area contributed by atoms with E-state index in [1.165, 1.54) is 10.8 Å². The fourth-order valence-electron chi connectivity index (χ4n) is 8.13. The first kappa shape index (κ1) is 34.7. The molecular formula is C54H40N4. The van der Waals surface area contributed by atoms with Gasteiger partial charge in [0.15, 0.2) is 0 Å². The molecule has 0 fully saturated rings. The summed E-state index contributed by atoms with van der Waals surface area (Å²) in [7, 11) is 0. The summed E-state index contributed by atoms with van der Waals surface area (Å²) in [6.07, 6.45) is 0. The van der Waals surface area contributed by atoms with Crippen LogP contribution >= 0.6 is 0 Å². The fraction of sp³-hybridized carbons (Fsp3) is 0. The van der Waals surface area contributed by atoms with Crippen LogP contribution in [0.5, 0.6) is 0 Å².